The number of aromatic nitrogens is 6. The average molecular weight is 436 g/mol. The molecular weight excluding hydrogens is 410 g/mol. The number of rotatable bonds is 7. The van der Waals surface area contributed by atoms with Crippen LogP contribution in [0.2, 0.25) is 0 Å². The molecule has 1 amide bonds. The van der Waals surface area contributed by atoms with Crippen LogP contribution >= 0.6 is 11.8 Å². The van der Waals surface area contributed by atoms with Crippen LogP contribution in [-0.2, 0) is 4.79 Å². The lowest BCUT2D eigenvalue weighted by Gasteiger charge is -2.22. The first kappa shape index (κ1) is 21.0. The summed E-state index contributed by atoms with van der Waals surface area (Å²) in [6.07, 6.45) is 0. The van der Waals surface area contributed by atoms with Crippen LogP contribution in [0.25, 0.3) is 16.7 Å². The average Bonchev–Trinajstić information content (AvgIpc) is 3.38. The van der Waals surface area contributed by atoms with Gasteiger partial charge in [0, 0.05) is 0 Å². The van der Waals surface area contributed by atoms with Gasteiger partial charge in [-0.25, -0.2) is 4.98 Å². The topological polar surface area (TPSA) is 101 Å². The number of carbonyl (C=O) groups excluding carboxylic acids is 1. The molecule has 0 saturated heterocycles. The van der Waals surface area contributed by atoms with Crippen molar-refractivity contribution in [3.05, 3.63) is 59.9 Å². The maximum absolute atomic E-state index is 13.0. The van der Waals surface area contributed by atoms with Crippen molar-refractivity contribution >= 4 is 28.7 Å². The molecule has 2 unspecified atom stereocenters. The molecule has 4 aromatic rings. The van der Waals surface area contributed by atoms with E-state index < -0.39 is 0 Å². The fraction of sp³-hybridized carbons (Fsp3) is 0.318. The number of aromatic amines is 1. The first-order chi connectivity index (χ1) is 14.9. The van der Waals surface area contributed by atoms with Gasteiger partial charge in [-0.2, -0.15) is 4.68 Å². The zero-order valence-corrected chi connectivity index (χ0v) is 18.7. The molecule has 160 valence electrons. The summed E-state index contributed by atoms with van der Waals surface area (Å²) >= 11 is 1.32. The van der Waals surface area contributed by atoms with Gasteiger partial charge in [-0.1, -0.05) is 49.9 Å². The van der Waals surface area contributed by atoms with Crippen molar-refractivity contribution in [3.8, 4) is 5.69 Å². The molecular formula is C22H25N7OS. The highest BCUT2D eigenvalue weighted by molar-refractivity contribution is 8.00. The Balaban J connectivity index is 1.50. The van der Waals surface area contributed by atoms with E-state index in [1.54, 1.807) is 4.68 Å². The second-order valence-corrected chi connectivity index (χ2v) is 9.15. The Hall–Kier alpha value is -3.20. The van der Waals surface area contributed by atoms with Crippen LogP contribution in [0, 0.1) is 12.8 Å². The molecule has 0 aliphatic rings. The van der Waals surface area contributed by atoms with E-state index in [1.165, 1.54) is 11.8 Å². The number of hydrogen-bond donors (Lipinski definition) is 2. The molecule has 2 aromatic heterocycles. The molecule has 0 fully saturated rings. The predicted molar refractivity (Wildman–Crippen MR) is 121 cm³/mol. The van der Waals surface area contributed by atoms with E-state index in [2.05, 4.69) is 44.7 Å². The third-order valence-electron chi connectivity index (χ3n) is 5.01. The van der Waals surface area contributed by atoms with Crippen LogP contribution in [0.1, 0.15) is 38.2 Å². The van der Waals surface area contributed by atoms with E-state index in [1.807, 2.05) is 62.4 Å². The third kappa shape index (κ3) is 4.61. The van der Waals surface area contributed by atoms with Gasteiger partial charge in [-0.3, -0.25) is 4.79 Å². The van der Waals surface area contributed by atoms with Crippen molar-refractivity contribution < 1.29 is 4.79 Å². The van der Waals surface area contributed by atoms with E-state index >= 15 is 0 Å². The highest BCUT2D eigenvalue weighted by Crippen LogP contribution is 2.26. The number of nitrogens with zero attached hydrogens (tertiary/aromatic N) is 5. The fourth-order valence-corrected chi connectivity index (χ4v) is 4.14. The maximum Gasteiger partial charge on any atom is 0.233 e. The number of aryl methyl sites for hydroxylation is 1. The summed E-state index contributed by atoms with van der Waals surface area (Å²) in [7, 11) is 0. The summed E-state index contributed by atoms with van der Waals surface area (Å²) in [5.74, 6) is 0.827. The number of tetrazole rings is 1. The van der Waals surface area contributed by atoms with Gasteiger partial charge in [-0.15, -0.1) is 5.10 Å². The number of H-pyrrole nitrogens is 1. The molecule has 0 saturated carbocycles. The molecule has 31 heavy (non-hydrogen) atoms. The Labute approximate surface area is 184 Å². The van der Waals surface area contributed by atoms with Crippen molar-refractivity contribution in [2.24, 2.45) is 5.92 Å². The van der Waals surface area contributed by atoms with E-state index in [0.29, 0.717) is 5.16 Å². The molecule has 9 heteroatoms. The lowest BCUT2D eigenvalue weighted by atomic mass is 10.0. The number of nitrogens with one attached hydrogen (secondary N) is 2. The van der Waals surface area contributed by atoms with Gasteiger partial charge < -0.3 is 10.3 Å². The summed E-state index contributed by atoms with van der Waals surface area (Å²) in [5, 5.41) is 15.3. The Morgan fingerprint density at radius 2 is 1.94 bits per heavy atom. The van der Waals surface area contributed by atoms with Gasteiger partial charge in [0.05, 0.1) is 28.0 Å². The first-order valence-corrected chi connectivity index (χ1v) is 11.1. The number of hydrogen-bond acceptors (Lipinski definition) is 6. The molecule has 2 atom stereocenters. The van der Waals surface area contributed by atoms with E-state index in [4.69, 9.17) is 0 Å². The van der Waals surface area contributed by atoms with Crippen LogP contribution < -0.4 is 5.32 Å². The summed E-state index contributed by atoms with van der Waals surface area (Å²) < 4.78 is 1.65. The molecule has 0 radical (unpaired) electrons. The summed E-state index contributed by atoms with van der Waals surface area (Å²) in [4.78, 5) is 21.0. The number of benzene rings is 2. The predicted octanol–water partition coefficient (Wildman–Crippen LogP) is 3.84. The van der Waals surface area contributed by atoms with Gasteiger partial charge in [0.15, 0.2) is 0 Å². The second kappa shape index (κ2) is 8.89. The van der Waals surface area contributed by atoms with Gasteiger partial charge in [0.25, 0.3) is 0 Å². The van der Waals surface area contributed by atoms with Crippen LogP contribution in [0.3, 0.4) is 0 Å². The highest BCUT2D eigenvalue weighted by atomic mass is 32.2. The standard InChI is InChI=1S/C22H25N7OS/c1-13(2)19(20-23-17-10-5-6-11-18(17)24-20)25-21(30)15(4)31-22-26-27-28-29(22)16-9-7-8-14(3)12-16/h5-13,15,19H,1-4H3,(H,23,24)(H,25,30). The van der Waals surface area contributed by atoms with Crippen LogP contribution in [0.5, 0.6) is 0 Å². The van der Waals surface area contributed by atoms with E-state index in [-0.39, 0.29) is 23.1 Å². The number of carbonyl (C=O) groups is 1. The summed E-state index contributed by atoms with van der Waals surface area (Å²) in [6, 6.07) is 15.5. The minimum absolute atomic E-state index is 0.0945. The molecule has 0 aliphatic carbocycles. The summed E-state index contributed by atoms with van der Waals surface area (Å²) in [6.45, 7) is 7.99. The second-order valence-electron chi connectivity index (χ2n) is 7.84. The van der Waals surface area contributed by atoms with Crippen molar-refractivity contribution in [2.75, 3.05) is 0 Å². The molecule has 4 rings (SSSR count). The summed E-state index contributed by atoms with van der Waals surface area (Å²) in [5.41, 5.74) is 3.82. The lowest BCUT2D eigenvalue weighted by Crippen LogP contribution is -2.37. The van der Waals surface area contributed by atoms with Gasteiger partial charge in [0.1, 0.15) is 5.82 Å². The SMILES string of the molecule is Cc1cccc(-n2nnnc2SC(C)C(=O)NC(c2nc3ccccc3[nH]2)C(C)C)c1. The zero-order valence-electron chi connectivity index (χ0n) is 17.9. The van der Waals surface area contributed by atoms with E-state index in [0.717, 1.165) is 28.1 Å². The highest BCUT2D eigenvalue weighted by Gasteiger charge is 2.26. The molecule has 2 N–H and O–H groups in total. The Morgan fingerprint density at radius 3 is 2.68 bits per heavy atom. The number of amides is 1. The molecule has 8 nitrogen and oxygen atoms in total. The van der Waals surface area contributed by atoms with Crippen LogP contribution in [0.15, 0.2) is 53.7 Å². The van der Waals surface area contributed by atoms with Crippen molar-refractivity contribution in [2.45, 2.75) is 44.1 Å². The quantitative estimate of drug-likeness (QED) is 0.428. The van der Waals surface area contributed by atoms with Gasteiger partial charge in [0.2, 0.25) is 11.1 Å². The van der Waals surface area contributed by atoms with Crippen molar-refractivity contribution in [1.82, 2.24) is 35.5 Å². The molecule has 2 heterocycles. The van der Waals surface area contributed by atoms with Crippen LogP contribution in [-0.4, -0.2) is 41.3 Å². The van der Waals surface area contributed by atoms with Crippen molar-refractivity contribution in [1.29, 1.82) is 0 Å². The fourth-order valence-electron chi connectivity index (χ4n) is 3.33. The normalized spacial score (nSPS) is 13.5. The van der Waals surface area contributed by atoms with E-state index in [9.17, 15) is 4.79 Å². The minimum atomic E-state index is -0.389. The number of fused-ring (bicyclic) bond motifs is 1. The third-order valence-corrected chi connectivity index (χ3v) is 6.04. The number of thioether (sulfide) groups is 1. The Kier molecular flexibility index (Phi) is 6.03. The van der Waals surface area contributed by atoms with Gasteiger partial charge >= 0.3 is 0 Å². The largest absolute Gasteiger partial charge is 0.345 e. The molecule has 2 aromatic carbocycles. The monoisotopic (exact) mass is 435 g/mol. The molecule has 0 aliphatic heterocycles. The van der Waals surface area contributed by atoms with Crippen molar-refractivity contribution in [3.63, 3.8) is 0 Å². The minimum Gasteiger partial charge on any atom is -0.345 e. The Morgan fingerprint density at radius 1 is 1.13 bits per heavy atom. The smallest absolute Gasteiger partial charge is 0.233 e. The first-order valence-electron chi connectivity index (χ1n) is 10.2. The van der Waals surface area contributed by atoms with Gasteiger partial charge in [-0.05, 0) is 60.0 Å². The number of para-hydroxylation sites is 2. The molecule has 0 bridgehead atoms. The molecule has 0 spiro atoms. The lowest BCUT2D eigenvalue weighted by molar-refractivity contribution is -0.121. The number of imidazole rings is 1. The zero-order chi connectivity index (χ0) is 22.0. The Bertz CT molecular complexity index is 1170. The maximum atomic E-state index is 13.0. The van der Waals surface area contributed by atoms with Crippen LogP contribution in [0.4, 0.5) is 0 Å².